The van der Waals surface area contributed by atoms with E-state index in [2.05, 4.69) is 205 Å². The fourth-order valence-corrected chi connectivity index (χ4v) is 10.6. The molecule has 3 aromatic heterocycles. The Balaban J connectivity index is 0.000000147. The molecule has 0 fully saturated rings. The second-order valence-electron chi connectivity index (χ2n) is 21.2. The first-order valence-electron chi connectivity index (χ1n) is 26.7. The molecular weight excluding hydrogens is 1080 g/mol. The van der Waals surface area contributed by atoms with Crippen molar-refractivity contribution >= 4 is 0 Å². The van der Waals surface area contributed by atoms with Gasteiger partial charge in [0.15, 0.2) is 0 Å². The first-order valence-corrected chi connectivity index (χ1v) is 25.2. The molecule has 0 radical (unpaired) electrons. The number of hydrogen-bond acceptors (Lipinski definition) is 3. The monoisotopic (exact) mass is 1140 g/mol. The van der Waals surface area contributed by atoms with E-state index in [0.717, 1.165) is 67.2 Å². The number of fused-ring (bicyclic) bond motifs is 6. The predicted molar refractivity (Wildman–Crippen MR) is 304 cm³/mol. The summed E-state index contributed by atoms with van der Waals surface area (Å²) in [6, 6.07) is 75.6. The van der Waals surface area contributed by atoms with Gasteiger partial charge in [-0.15, -0.1) is 106 Å². The third-order valence-electron chi connectivity index (χ3n) is 16.2. The van der Waals surface area contributed by atoms with Crippen LogP contribution >= 0.6 is 0 Å². The molecule has 12 rings (SSSR count). The molecule has 0 atom stereocenters. The standard InChI is InChI=1S/C30H22N.C23H22N.C17H18N.Ir/c1-22-10-12-24(13-11-22)25-14-16-26(17-15-25)28-18-19-31-30(21-28)29-9-5-8-27(20-29)23-6-3-2-4-7-23;1-22(2)19-13-9-8-12-18(19)21-20(23(22,3)4)17(14-15-24-21)16-10-6-5-7-11-16;1-16(2)13-9-6-5-8-12(13)15-14(17(16,3)4)10-7-11-18-15;/h2-8,10-21H,1H3;5-11,13-15H,1-4H3;5-7,9-11H,1-4H3;/q3*-1;+3/i1D3;;;. The average molecular weight is 1140 g/mol. The predicted octanol–water partition coefficient (Wildman–Crippen LogP) is 17.8. The van der Waals surface area contributed by atoms with Gasteiger partial charge in [0.2, 0.25) is 0 Å². The van der Waals surface area contributed by atoms with E-state index in [-0.39, 0.29) is 41.8 Å². The van der Waals surface area contributed by atoms with Crippen LogP contribution in [0, 0.1) is 25.1 Å². The summed E-state index contributed by atoms with van der Waals surface area (Å²) in [5, 5.41) is 0. The minimum atomic E-state index is -2.08. The van der Waals surface area contributed by atoms with Crippen LogP contribution in [0.15, 0.2) is 213 Å². The molecule has 4 heteroatoms. The molecule has 0 bridgehead atoms. The SMILES string of the molecule is CC1(C)c2ccc[c-]c2-c2nccc(-c3ccccc3)c2C1(C)C.CC1(C)c2ccc[c-]c2-c2ncccc2C1(C)C.[2H]C([2H])([2H])c1ccc(-c2ccc(-c3ccnc(-c4[c-]ccc(-c5ccccc5)c4)c3)cc2)cc1.[Ir+3]. The molecule has 2 aliphatic rings. The van der Waals surface area contributed by atoms with Crippen molar-refractivity contribution in [3.63, 3.8) is 0 Å². The van der Waals surface area contributed by atoms with Crippen molar-refractivity contribution in [1.82, 2.24) is 15.0 Å². The van der Waals surface area contributed by atoms with Crippen LogP contribution in [0.5, 0.6) is 0 Å². The van der Waals surface area contributed by atoms with Crippen LogP contribution in [0.2, 0.25) is 0 Å². The Morgan fingerprint density at radius 2 is 0.878 bits per heavy atom. The summed E-state index contributed by atoms with van der Waals surface area (Å²) in [7, 11) is 0. The first kappa shape index (κ1) is 47.6. The molecule has 0 unspecified atom stereocenters. The molecule has 0 spiro atoms. The third-order valence-corrected chi connectivity index (χ3v) is 16.2. The zero-order valence-corrected chi connectivity index (χ0v) is 45.8. The van der Waals surface area contributed by atoms with Gasteiger partial charge in [-0.3, -0.25) is 0 Å². The van der Waals surface area contributed by atoms with Gasteiger partial charge in [0.1, 0.15) is 0 Å². The van der Waals surface area contributed by atoms with Crippen molar-refractivity contribution in [2.75, 3.05) is 0 Å². The molecule has 3 heterocycles. The smallest absolute Gasteiger partial charge is 0.305 e. The number of hydrogen-bond donors (Lipinski definition) is 0. The summed E-state index contributed by atoms with van der Waals surface area (Å²) < 4.78 is 22.6. The number of rotatable bonds is 5. The van der Waals surface area contributed by atoms with Crippen LogP contribution in [-0.4, -0.2) is 15.0 Å². The van der Waals surface area contributed by atoms with Crippen molar-refractivity contribution in [2.24, 2.45) is 0 Å². The summed E-state index contributed by atoms with van der Waals surface area (Å²) in [5.41, 5.74) is 21.1. The average Bonchev–Trinajstić information content (AvgIpc) is 3.52. The van der Waals surface area contributed by atoms with Gasteiger partial charge in [0.25, 0.3) is 0 Å². The Morgan fingerprint density at radius 3 is 1.51 bits per heavy atom. The molecule has 3 nitrogen and oxygen atoms in total. The fourth-order valence-electron chi connectivity index (χ4n) is 10.6. The number of pyridine rings is 3. The van der Waals surface area contributed by atoms with Crippen LogP contribution < -0.4 is 0 Å². The molecule has 0 saturated heterocycles. The minimum absolute atomic E-state index is 0. The van der Waals surface area contributed by atoms with Crippen LogP contribution in [0.1, 0.15) is 87.3 Å². The Labute approximate surface area is 457 Å². The molecule has 74 heavy (non-hydrogen) atoms. The Bertz CT molecular complexity index is 3610. The van der Waals surface area contributed by atoms with E-state index in [4.69, 9.17) is 9.10 Å². The maximum atomic E-state index is 7.53. The molecule has 10 aromatic rings. The van der Waals surface area contributed by atoms with E-state index in [1.165, 1.54) is 33.4 Å². The van der Waals surface area contributed by atoms with Gasteiger partial charge in [0, 0.05) is 22.7 Å². The van der Waals surface area contributed by atoms with Gasteiger partial charge in [-0.05, 0) is 103 Å². The first-order chi connectivity index (χ1) is 36.4. The molecule has 0 saturated carbocycles. The van der Waals surface area contributed by atoms with Gasteiger partial charge in [-0.1, -0.05) is 193 Å². The molecule has 2 aliphatic carbocycles. The third kappa shape index (κ3) is 9.54. The van der Waals surface area contributed by atoms with Crippen LogP contribution in [-0.2, 0) is 41.8 Å². The van der Waals surface area contributed by atoms with E-state index in [9.17, 15) is 0 Å². The summed E-state index contributed by atoms with van der Waals surface area (Å²) in [4.78, 5) is 14.0. The number of aryl methyl sites for hydroxylation is 1. The molecule has 7 aromatic carbocycles. The number of aromatic nitrogens is 3. The van der Waals surface area contributed by atoms with Crippen molar-refractivity contribution in [1.29, 1.82) is 0 Å². The maximum Gasteiger partial charge on any atom is 3.00 e. The van der Waals surface area contributed by atoms with Gasteiger partial charge in [-0.25, -0.2) is 0 Å². The topological polar surface area (TPSA) is 38.7 Å². The second kappa shape index (κ2) is 20.9. The van der Waals surface area contributed by atoms with Gasteiger partial charge in [0.05, 0.1) is 0 Å². The molecule has 366 valence electrons. The van der Waals surface area contributed by atoms with E-state index in [0.29, 0.717) is 5.56 Å². The molecule has 0 aliphatic heterocycles. The molecule has 0 N–H and O–H groups in total. The maximum absolute atomic E-state index is 7.53. The van der Waals surface area contributed by atoms with Crippen LogP contribution in [0.3, 0.4) is 0 Å². The van der Waals surface area contributed by atoms with Gasteiger partial charge < -0.3 is 15.0 Å². The van der Waals surface area contributed by atoms with Crippen LogP contribution in [0.4, 0.5) is 0 Å². The largest absolute Gasteiger partial charge is 3.00 e. The molecular formula is C70H62IrN3. The van der Waals surface area contributed by atoms with Gasteiger partial charge >= 0.3 is 20.1 Å². The summed E-state index contributed by atoms with van der Waals surface area (Å²) in [6.45, 7) is 16.5. The zero-order valence-electron chi connectivity index (χ0n) is 46.4. The van der Waals surface area contributed by atoms with E-state index in [1.807, 2.05) is 79.3 Å². The number of benzene rings is 7. The Morgan fingerprint density at radius 1 is 0.378 bits per heavy atom. The molecule has 0 amide bonds. The van der Waals surface area contributed by atoms with E-state index < -0.39 is 6.85 Å². The normalized spacial score (nSPS) is 15.4. The van der Waals surface area contributed by atoms with Crippen molar-refractivity contribution in [3.8, 4) is 78.3 Å². The number of nitrogens with zero attached hydrogens (tertiary/aromatic N) is 3. The van der Waals surface area contributed by atoms with Crippen molar-refractivity contribution in [2.45, 2.75) is 83.9 Å². The van der Waals surface area contributed by atoms with Crippen molar-refractivity contribution < 1.29 is 24.2 Å². The quantitative estimate of drug-likeness (QED) is 0.161. The van der Waals surface area contributed by atoms with Crippen LogP contribution in [0.25, 0.3) is 78.3 Å². The van der Waals surface area contributed by atoms with E-state index in [1.54, 1.807) is 12.1 Å². The fraction of sp³-hybridized carbons (Fsp3) is 0.186. The van der Waals surface area contributed by atoms with E-state index >= 15 is 0 Å². The Kier molecular flexibility index (Phi) is 13.4. The Hall–Kier alpha value is -7.36. The zero-order chi connectivity index (χ0) is 53.5. The summed E-state index contributed by atoms with van der Waals surface area (Å²) in [6.07, 6.45) is 5.63. The van der Waals surface area contributed by atoms with Crippen molar-refractivity contribution in [3.05, 3.63) is 259 Å². The summed E-state index contributed by atoms with van der Waals surface area (Å²) in [5.74, 6) is 0. The van der Waals surface area contributed by atoms with Gasteiger partial charge in [-0.2, -0.15) is 0 Å². The second-order valence-corrected chi connectivity index (χ2v) is 21.2. The summed E-state index contributed by atoms with van der Waals surface area (Å²) >= 11 is 0. The minimum Gasteiger partial charge on any atom is -0.305 e.